The molecule has 128 valence electrons. The van der Waals surface area contributed by atoms with Gasteiger partial charge in [-0.1, -0.05) is 78.9 Å². The standard InChI is InChI=1S/C23H20N2O/c26-23(22-15-20-13-7-8-14-21(20)24-22)25(16-18-9-3-1-4-10-18)17-19-11-5-2-6-12-19/h1-15,24H,16-17H2. The van der Waals surface area contributed by atoms with Crippen LogP contribution in [0, 0.1) is 0 Å². The van der Waals surface area contributed by atoms with Crippen LogP contribution in [-0.4, -0.2) is 15.8 Å². The van der Waals surface area contributed by atoms with Crippen LogP contribution in [0.3, 0.4) is 0 Å². The van der Waals surface area contributed by atoms with Crippen LogP contribution in [0.5, 0.6) is 0 Å². The molecular formula is C23H20N2O. The van der Waals surface area contributed by atoms with Crippen molar-refractivity contribution in [1.29, 1.82) is 0 Å². The average Bonchev–Trinajstić information content (AvgIpc) is 3.13. The van der Waals surface area contributed by atoms with Gasteiger partial charge in [0, 0.05) is 24.0 Å². The molecule has 0 atom stereocenters. The SMILES string of the molecule is O=C(c1cc2ccccc2[nH]1)N(Cc1ccccc1)Cc1ccccc1. The largest absolute Gasteiger partial charge is 0.351 e. The summed E-state index contributed by atoms with van der Waals surface area (Å²) >= 11 is 0. The number of carbonyl (C=O) groups is 1. The van der Waals surface area contributed by atoms with E-state index in [0.29, 0.717) is 18.8 Å². The van der Waals surface area contributed by atoms with Gasteiger partial charge in [-0.2, -0.15) is 0 Å². The summed E-state index contributed by atoms with van der Waals surface area (Å²) in [5, 5.41) is 1.05. The Kier molecular flexibility index (Phi) is 4.52. The maximum absolute atomic E-state index is 13.2. The van der Waals surface area contributed by atoms with Gasteiger partial charge in [-0.3, -0.25) is 4.79 Å². The van der Waals surface area contributed by atoms with Gasteiger partial charge < -0.3 is 9.88 Å². The van der Waals surface area contributed by atoms with Gasteiger partial charge >= 0.3 is 0 Å². The molecule has 0 fully saturated rings. The van der Waals surface area contributed by atoms with Crippen LogP contribution in [0.4, 0.5) is 0 Å². The van der Waals surface area contributed by atoms with Crippen molar-refractivity contribution in [2.75, 3.05) is 0 Å². The van der Waals surface area contributed by atoms with Gasteiger partial charge in [-0.15, -0.1) is 0 Å². The van der Waals surface area contributed by atoms with E-state index in [0.717, 1.165) is 22.0 Å². The highest BCUT2D eigenvalue weighted by atomic mass is 16.2. The number of H-pyrrole nitrogens is 1. The highest BCUT2D eigenvalue weighted by molar-refractivity contribution is 5.98. The monoisotopic (exact) mass is 340 g/mol. The fourth-order valence-corrected chi connectivity index (χ4v) is 3.17. The fourth-order valence-electron chi connectivity index (χ4n) is 3.17. The molecule has 26 heavy (non-hydrogen) atoms. The Morgan fingerprint density at radius 2 is 1.27 bits per heavy atom. The molecule has 0 saturated carbocycles. The van der Waals surface area contributed by atoms with Crippen LogP contribution < -0.4 is 0 Å². The van der Waals surface area contributed by atoms with Gasteiger partial charge in [0.05, 0.1) is 0 Å². The minimum Gasteiger partial charge on any atom is -0.351 e. The number of nitrogens with zero attached hydrogens (tertiary/aromatic N) is 1. The molecule has 0 saturated heterocycles. The van der Waals surface area contributed by atoms with Crippen LogP contribution in [-0.2, 0) is 13.1 Å². The Bertz CT molecular complexity index is 932. The lowest BCUT2D eigenvalue weighted by Crippen LogP contribution is -2.30. The predicted octanol–water partition coefficient (Wildman–Crippen LogP) is 5.01. The molecule has 0 aliphatic rings. The van der Waals surface area contributed by atoms with Gasteiger partial charge in [0.25, 0.3) is 5.91 Å². The number of benzene rings is 3. The second-order valence-corrected chi connectivity index (χ2v) is 6.40. The first-order valence-corrected chi connectivity index (χ1v) is 8.74. The van der Waals surface area contributed by atoms with Gasteiger partial charge in [-0.05, 0) is 23.3 Å². The number of para-hydroxylation sites is 1. The third kappa shape index (κ3) is 3.52. The number of aromatic amines is 1. The number of hydrogen-bond acceptors (Lipinski definition) is 1. The molecule has 1 amide bonds. The minimum atomic E-state index is 0.00825. The number of hydrogen-bond donors (Lipinski definition) is 1. The molecule has 0 unspecified atom stereocenters. The normalized spacial score (nSPS) is 10.8. The highest BCUT2D eigenvalue weighted by Gasteiger charge is 2.18. The fraction of sp³-hybridized carbons (Fsp3) is 0.0870. The van der Waals surface area contributed by atoms with Crippen molar-refractivity contribution in [1.82, 2.24) is 9.88 Å². The van der Waals surface area contributed by atoms with E-state index in [1.165, 1.54) is 0 Å². The smallest absolute Gasteiger partial charge is 0.270 e. The Hall–Kier alpha value is -3.33. The average molecular weight is 340 g/mol. The third-order valence-electron chi connectivity index (χ3n) is 4.48. The van der Waals surface area contributed by atoms with Crippen molar-refractivity contribution >= 4 is 16.8 Å². The van der Waals surface area contributed by atoms with Crippen molar-refractivity contribution in [3.05, 3.63) is 108 Å². The first kappa shape index (κ1) is 16.2. The predicted molar refractivity (Wildman–Crippen MR) is 105 cm³/mol. The molecule has 1 aromatic heterocycles. The van der Waals surface area contributed by atoms with Gasteiger partial charge in [-0.25, -0.2) is 0 Å². The van der Waals surface area contributed by atoms with Crippen LogP contribution in [0.25, 0.3) is 10.9 Å². The van der Waals surface area contributed by atoms with Crippen LogP contribution in [0.1, 0.15) is 21.6 Å². The molecule has 1 N–H and O–H groups in total. The van der Waals surface area contributed by atoms with Crippen molar-refractivity contribution in [3.8, 4) is 0 Å². The topological polar surface area (TPSA) is 36.1 Å². The lowest BCUT2D eigenvalue weighted by molar-refractivity contribution is 0.0725. The Labute approximate surface area is 152 Å². The molecule has 0 radical (unpaired) electrons. The summed E-state index contributed by atoms with van der Waals surface area (Å²) in [5.74, 6) is 0.00825. The quantitative estimate of drug-likeness (QED) is 0.544. The van der Waals surface area contributed by atoms with E-state index in [2.05, 4.69) is 29.2 Å². The summed E-state index contributed by atoms with van der Waals surface area (Å²) in [4.78, 5) is 18.4. The zero-order chi connectivity index (χ0) is 17.8. The minimum absolute atomic E-state index is 0.00825. The molecule has 4 aromatic rings. The van der Waals surface area contributed by atoms with Gasteiger partial charge in [0.2, 0.25) is 0 Å². The molecule has 0 bridgehead atoms. The van der Waals surface area contributed by atoms with Crippen LogP contribution in [0.2, 0.25) is 0 Å². The second-order valence-electron chi connectivity index (χ2n) is 6.40. The molecule has 0 aliphatic heterocycles. The first-order valence-electron chi connectivity index (χ1n) is 8.74. The summed E-state index contributed by atoms with van der Waals surface area (Å²) in [6, 6.07) is 30.1. The zero-order valence-corrected chi connectivity index (χ0v) is 14.4. The number of amides is 1. The molecule has 3 aromatic carbocycles. The number of carbonyl (C=O) groups excluding carboxylic acids is 1. The van der Waals surface area contributed by atoms with Crippen molar-refractivity contribution in [3.63, 3.8) is 0 Å². The van der Waals surface area contributed by atoms with Crippen molar-refractivity contribution in [2.45, 2.75) is 13.1 Å². The maximum Gasteiger partial charge on any atom is 0.270 e. The van der Waals surface area contributed by atoms with Gasteiger partial charge in [0.1, 0.15) is 5.69 Å². The first-order chi connectivity index (χ1) is 12.8. The molecule has 0 spiro atoms. The van der Waals surface area contributed by atoms with Crippen molar-refractivity contribution in [2.24, 2.45) is 0 Å². The number of aromatic nitrogens is 1. The van der Waals surface area contributed by atoms with Crippen LogP contribution in [0.15, 0.2) is 91.0 Å². The van der Waals surface area contributed by atoms with E-state index in [9.17, 15) is 4.79 Å². The molecule has 0 aliphatic carbocycles. The number of rotatable bonds is 5. The van der Waals surface area contributed by atoms with Crippen molar-refractivity contribution < 1.29 is 4.79 Å². The van der Waals surface area contributed by atoms with E-state index >= 15 is 0 Å². The summed E-state index contributed by atoms with van der Waals surface area (Å²) in [6.45, 7) is 1.15. The summed E-state index contributed by atoms with van der Waals surface area (Å²) in [7, 11) is 0. The molecule has 4 rings (SSSR count). The van der Waals surface area contributed by atoms with E-state index in [1.54, 1.807) is 0 Å². The summed E-state index contributed by atoms with van der Waals surface area (Å²) < 4.78 is 0. The van der Waals surface area contributed by atoms with E-state index in [-0.39, 0.29) is 5.91 Å². The molecule has 3 nitrogen and oxygen atoms in total. The lowest BCUT2D eigenvalue weighted by Gasteiger charge is -2.22. The Morgan fingerprint density at radius 1 is 0.731 bits per heavy atom. The van der Waals surface area contributed by atoms with E-state index < -0.39 is 0 Å². The van der Waals surface area contributed by atoms with E-state index in [4.69, 9.17) is 0 Å². The lowest BCUT2D eigenvalue weighted by atomic mass is 10.1. The maximum atomic E-state index is 13.2. The third-order valence-corrected chi connectivity index (χ3v) is 4.48. The molecular weight excluding hydrogens is 320 g/mol. The number of nitrogens with one attached hydrogen (secondary N) is 1. The molecule has 1 heterocycles. The Morgan fingerprint density at radius 3 is 1.85 bits per heavy atom. The van der Waals surface area contributed by atoms with Crippen LogP contribution >= 0.6 is 0 Å². The second kappa shape index (κ2) is 7.28. The summed E-state index contributed by atoms with van der Waals surface area (Å²) in [6.07, 6.45) is 0. The van der Waals surface area contributed by atoms with E-state index in [1.807, 2.05) is 71.6 Å². The Balaban J connectivity index is 1.65. The summed E-state index contributed by atoms with van der Waals surface area (Å²) in [5.41, 5.74) is 3.84. The highest BCUT2D eigenvalue weighted by Crippen LogP contribution is 2.18. The number of fused-ring (bicyclic) bond motifs is 1. The molecule has 3 heteroatoms. The zero-order valence-electron chi connectivity index (χ0n) is 14.4. The van der Waals surface area contributed by atoms with Gasteiger partial charge in [0.15, 0.2) is 0 Å².